The van der Waals surface area contributed by atoms with Crippen LogP contribution in [0.15, 0.2) is 89.0 Å². The van der Waals surface area contributed by atoms with Crippen molar-refractivity contribution in [3.8, 4) is 11.5 Å². The van der Waals surface area contributed by atoms with Crippen molar-refractivity contribution in [3.05, 3.63) is 94.6 Å². The lowest BCUT2D eigenvalue weighted by molar-refractivity contribution is -0.114. The van der Waals surface area contributed by atoms with Crippen molar-refractivity contribution in [3.63, 3.8) is 0 Å². The van der Waals surface area contributed by atoms with Crippen molar-refractivity contribution in [2.75, 3.05) is 24.4 Å². The van der Waals surface area contributed by atoms with Gasteiger partial charge in [-0.2, -0.15) is 0 Å². The standard InChI is InChI=1S/C24H21BrN2O3/c1-29-19-12-8-16(9-13-19)23-21(25)22(26-17-10-14-20(30-2)15-11-17)24(28)27(23)18-6-4-3-5-7-18/h3-15,23,26H,1-2H3. The van der Waals surface area contributed by atoms with Crippen LogP contribution in [0.5, 0.6) is 11.5 Å². The lowest BCUT2D eigenvalue weighted by atomic mass is 10.1. The van der Waals surface area contributed by atoms with Crippen LogP contribution < -0.4 is 19.7 Å². The molecule has 1 aliphatic heterocycles. The van der Waals surface area contributed by atoms with Crippen molar-refractivity contribution in [2.45, 2.75) is 6.04 Å². The van der Waals surface area contributed by atoms with Crippen LogP contribution in [0.2, 0.25) is 0 Å². The fraction of sp³-hybridized carbons (Fsp3) is 0.125. The molecule has 1 aliphatic rings. The largest absolute Gasteiger partial charge is 0.497 e. The van der Waals surface area contributed by atoms with Gasteiger partial charge in [-0.1, -0.05) is 46.3 Å². The Morgan fingerprint density at radius 1 is 0.833 bits per heavy atom. The van der Waals surface area contributed by atoms with Crippen molar-refractivity contribution < 1.29 is 14.3 Å². The van der Waals surface area contributed by atoms with Crippen LogP contribution in [0.1, 0.15) is 11.6 Å². The second-order valence-electron chi connectivity index (χ2n) is 6.76. The first-order valence-electron chi connectivity index (χ1n) is 9.45. The van der Waals surface area contributed by atoms with Crippen LogP contribution in [-0.2, 0) is 4.79 Å². The summed E-state index contributed by atoms with van der Waals surface area (Å²) < 4.78 is 11.3. The molecule has 1 unspecified atom stereocenters. The van der Waals surface area contributed by atoms with Gasteiger partial charge in [0, 0.05) is 11.4 Å². The maximum Gasteiger partial charge on any atom is 0.276 e. The van der Waals surface area contributed by atoms with E-state index >= 15 is 0 Å². The number of halogens is 1. The van der Waals surface area contributed by atoms with E-state index in [2.05, 4.69) is 21.2 Å². The summed E-state index contributed by atoms with van der Waals surface area (Å²) in [4.78, 5) is 15.3. The van der Waals surface area contributed by atoms with Crippen molar-refractivity contribution in [2.24, 2.45) is 0 Å². The van der Waals surface area contributed by atoms with Crippen molar-refractivity contribution >= 4 is 33.2 Å². The molecule has 0 saturated carbocycles. The number of nitrogens with one attached hydrogen (secondary N) is 1. The van der Waals surface area contributed by atoms with Crippen LogP contribution in [0, 0.1) is 0 Å². The number of hydrogen-bond acceptors (Lipinski definition) is 4. The summed E-state index contributed by atoms with van der Waals surface area (Å²) in [6.45, 7) is 0. The zero-order valence-corrected chi connectivity index (χ0v) is 18.2. The Morgan fingerprint density at radius 3 is 1.97 bits per heavy atom. The Labute approximate surface area is 184 Å². The number of methoxy groups -OCH3 is 2. The molecule has 0 fully saturated rings. The average Bonchev–Trinajstić information content (AvgIpc) is 3.05. The third-order valence-corrected chi connectivity index (χ3v) is 5.83. The maximum absolute atomic E-state index is 13.5. The minimum Gasteiger partial charge on any atom is -0.497 e. The molecule has 0 radical (unpaired) electrons. The molecule has 3 aromatic carbocycles. The van der Waals surface area contributed by atoms with Gasteiger partial charge in [-0.25, -0.2) is 0 Å². The maximum atomic E-state index is 13.5. The second kappa shape index (κ2) is 8.63. The van der Waals surface area contributed by atoms with Crippen LogP contribution in [0.3, 0.4) is 0 Å². The molecule has 152 valence electrons. The smallest absolute Gasteiger partial charge is 0.276 e. The second-order valence-corrected chi connectivity index (χ2v) is 7.62. The molecule has 3 aromatic rings. The summed E-state index contributed by atoms with van der Waals surface area (Å²) in [7, 11) is 3.26. The van der Waals surface area contributed by atoms with Crippen LogP contribution in [0.25, 0.3) is 0 Å². The van der Waals surface area contributed by atoms with Gasteiger partial charge in [0.1, 0.15) is 17.2 Å². The zero-order chi connectivity index (χ0) is 21.1. The number of anilines is 2. The number of benzene rings is 3. The van der Waals surface area contributed by atoms with Gasteiger partial charge in [0.05, 0.1) is 24.7 Å². The van der Waals surface area contributed by atoms with E-state index in [9.17, 15) is 4.79 Å². The van der Waals surface area contributed by atoms with Gasteiger partial charge >= 0.3 is 0 Å². The molecular formula is C24H21BrN2O3. The van der Waals surface area contributed by atoms with E-state index in [-0.39, 0.29) is 11.9 Å². The van der Waals surface area contributed by atoms with E-state index < -0.39 is 0 Å². The molecule has 0 aliphatic carbocycles. The van der Waals surface area contributed by atoms with Crippen LogP contribution >= 0.6 is 15.9 Å². The number of rotatable bonds is 6. The molecule has 0 bridgehead atoms. The summed E-state index contributed by atoms with van der Waals surface area (Å²) in [5.41, 5.74) is 3.11. The van der Waals surface area contributed by atoms with Crippen LogP contribution in [-0.4, -0.2) is 20.1 Å². The Bertz CT molecular complexity index is 1060. The first kappa shape index (κ1) is 20.0. The van der Waals surface area contributed by atoms with E-state index in [1.54, 1.807) is 19.1 Å². The van der Waals surface area contributed by atoms with Gasteiger partial charge < -0.3 is 14.8 Å². The van der Waals surface area contributed by atoms with Crippen LogP contribution in [0.4, 0.5) is 11.4 Å². The number of carbonyl (C=O) groups excluding carboxylic acids is 1. The van der Waals surface area contributed by atoms with Gasteiger partial charge in [-0.15, -0.1) is 0 Å². The normalized spacial score (nSPS) is 16.0. The van der Waals surface area contributed by atoms with E-state index in [4.69, 9.17) is 9.47 Å². The van der Waals surface area contributed by atoms with Gasteiger partial charge in [-0.05, 0) is 54.1 Å². The Balaban J connectivity index is 1.74. The SMILES string of the molecule is COc1ccc(NC2=C(Br)C(c3ccc(OC)cc3)N(c3ccccc3)C2=O)cc1. The molecular weight excluding hydrogens is 444 g/mol. The number of hydrogen-bond donors (Lipinski definition) is 1. The fourth-order valence-electron chi connectivity index (χ4n) is 3.46. The zero-order valence-electron chi connectivity index (χ0n) is 16.6. The summed E-state index contributed by atoms with van der Waals surface area (Å²) in [6, 6.07) is 24.6. The summed E-state index contributed by atoms with van der Waals surface area (Å²) in [5.74, 6) is 1.42. The molecule has 5 nitrogen and oxygen atoms in total. The lowest BCUT2D eigenvalue weighted by Gasteiger charge is -2.26. The summed E-state index contributed by atoms with van der Waals surface area (Å²) in [6.07, 6.45) is 0. The average molecular weight is 465 g/mol. The quantitative estimate of drug-likeness (QED) is 0.522. The molecule has 1 heterocycles. The topological polar surface area (TPSA) is 50.8 Å². The highest BCUT2D eigenvalue weighted by Gasteiger charge is 2.40. The molecule has 30 heavy (non-hydrogen) atoms. The number of carbonyl (C=O) groups is 1. The molecule has 4 rings (SSSR count). The third kappa shape index (κ3) is 3.78. The van der Waals surface area contributed by atoms with E-state index in [0.29, 0.717) is 5.70 Å². The summed E-state index contributed by atoms with van der Waals surface area (Å²) in [5, 5.41) is 3.28. The fourth-order valence-corrected chi connectivity index (χ4v) is 4.20. The van der Waals surface area contributed by atoms with E-state index in [1.165, 1.54) is 0 Å². The Kier molecular flexibility index (Phi) is 5.77. The van der Waals surface area contributed by atoms with Crippen molar-refractivity contribution in [1.82, 2.24) is 0 Å². The first-order valence-corrected chi connectivity index (χ1v) is 10.2. The number of amides is 1. The first-order chi connectivity index (χ1) is 14.6. The lowest BCUT2D eigenvalue weighted by Crippen LogP contribution is -2.30. The van der Waals surface area contributed by atoms with Gasteiger partial charge in [0.15, 0.2) is 0 Å². The predicted molar refractivity (Wildman–Crippen MR) is 122 cm³/mol. The molecule has 0 aromatic heterocycles. The third-order valence-electron chi connectivity index (χ3n) is 5.00. The Hall–Kier alpha value is -3.25. The molecule has 1 N–H and O–H groups in total. The highest BCUT2D eigenvalue weighted by atomic mass is 79.9. The minimum atomic E-state index is -0.286. The molecule has 6 heteroatoms. The van der Waals surface area contributed by atoms with Gasteiger partial charge in [-0.3, -0.25) is 9.69 Å². The van der Waals surface area contributed by atoms with E-state index in [0.717, 1.165) is 32.9 Å². The molecule has 0 saturated heterocycles. The molecule has 0 spiro atoms. The number of ether oxygens (including phenoxy) is 2. The summed E-state index contributed by atoms with van der Waals surface area (Å²) >= 11 is 3.71. The number of nitrogens with zero attached hydrogens (tertiary/aromatic N) is 1. The highest BCUT2D eigenvalue weighted by Crippen LogP contribution is 2.44. The molecule has 1 amide bonds. The van der Waals surface area contributed by atoms with Gasteiger partial charge in [0.2, 0.25) is 0 Å². The Morgan fingerprint density at radius 2 is 1.40 bits per heavy atom. The van der Waals surface area contributed by atoms with Gasteiger partial charge in [0.25, 0.3) is 5.91 Å². The monoisotopic (exact) mass is 464 g/mol. The molecule has 1 atom stereocenters. The van der Waals surface area contributed by atoms with E-state index in [1.807, 2.05) is 78.9 Å². The number of para-hydroxylation sites is 1. The minimum absolute atomic E-state index is 0.107. The highest BCUT2D eigenvalue weighted by molar-refractivity contribution is 9.11. The van der Waals surface area contributed by atoms with Crippen molar-refractivity contribution in [1.29, 1.82) is 0 Å². The predicted octanol–water partition coefficient (Wildman–Crippen LogP) is 5.51.